The molecule has 0 spiro atoms. The first-order valence-corrected chi connectivity index (χ1v) is 11.9. The van der Waals surface area contributed by atoms with Crippen LogP contribution in [0.2, 0.25) is 5.02 Å². The molecule has 1 aliphatic heterocycles. The zero-order valence-electron chi connectivity index (χ0n) is 18.1. The van der Waals surface area contributed by atoms with Gasteiger partial charge in [-0.2, -0.15) is 0 Å². The van der Waals surface area contributed by atoms with Crippen molar-refractivity contribution >= 4 is 35.4 Å². The summed E-state index contributed by atoms with van der Waals surface area (Å²) in [6.45, 7) is 4.44. The molecule has 0 bridgehead atoms. The molecule has 11 heteroatoms. The van der Waals surface area contributed by atoms with Crippen molar-refractivity contribution in [1.82, 2.24) is 24.6 Å². The molecular weight excluding hydrogens is 466 g/mol. The average molecular weight is 490 g/mol. The molecule has 3 heterocycles. The largest absolute Gasteiger partial charge is 0.467 e. The van der Waals surface area contributed by atoms with Crippen LogP contribution in [0.4, 0.5) is 4.79 Å². The second-order valence-electron chi connectivity index (χ2n) is 7.33. The number of furan rings is 1. The second kappa shape index (κ2) is 10.8. The predicted octanol–water partition coefficient (Wildman–Crippen LogP) is 3.63. The summed E-state index contributed by atoms with van der Waals surface area (Å²) in [5.74, 6) is 1.63. The molecule has 0 N–H and O–H groups in total. The van der Waals surface area contributed by atoms with E-state index in [0.717, 1.165) is 11.3 Å². The van der Waals surface area contributed by atoms with Crippen LogP contribution < -0.4 is 0 Å². The maximum absolute atomic E-state index is 12.8. The SMILES string of the molecule is CCOC(=O)N1CCN(C(=O)CSc2nnc(-c3ccc(Cl)cc3)n2Cc2ccco2)CC1. The topological polar surface area (TPSA) is 93.7 Å². The van der Waals surface area contributed by atoms with E-state index < -0.39 is 0 Å². The van der Waals surface area contributed by atoms with E-state index >= 15 is 0 Å². The van der Waals surface area contributed by atoms with Crippen molar-refractivity contribution in [1.29, 1.82) is 0 Å². The van der Waals surface area contributed by atoms with E-state index in [2.05, 4.69) is 10.2 Å². The molecule has 0 radical (unpaired) electrons. The highest BCUT2D eigenvalue weighted by Gasteiger charge is 2.25. The first-order valence-electron chi connectivity index (χ1n) is 10.6. The number of amides is 2. The van der Waals surface area contributed by atoms with E-state index in [1.165, 1.54) is 11.8 Å². The summed E-state index contributed by atoms with van der Waals surface area (Å²) in [5.41, 5.74) is 0.867. The normalized spacial score (nSPS) is 13.9. The van der Waals surface area contributed by atoms with Crippen molar-refractivity contribution < 1.29 is 18.7 Å². The Kier molecular flexibility index (Phi) is 7.56. The highest BCUT2D eigenvalue weighted by molar-refractivity contribution is 7.99. The van der Waals surface area contributed by atoms with Gasteiger partial charge in [-0.05, 0) is 43.3 Å². The van der Waals surface area contributed by atoms with Crippen molar-refractivity contribution in [2.24, 2.45) is 0 Å². The van der Waals surface area contributed by atoms with Crippen LogP contribution in [-0.4, -0.2) is 75.1 Å². The van der Waals surface area contributed by atoms with Crippen molar-refractivity contribution in [2.45, 2.75) is 18.6 Å². The Labute approximate surface area is 200 Å². The lowest BCUT2D eigenvalue weighted by atomic mass is 10.2. The number of thioether (sulfide) groups is 1. The lowest BCUT2D eigenvalue weighted by Crippen LogP contribution is -2.51. The van der Waals surface area contributed by atoms with Gasteiger partial charge >= 0.3 is 6.09 Å². The van der Waals surface area contributed by atoms with E-state index in [0.29, 0.717) is 55.3 Å². The van der Waals surface area contributed by atoms with Gasteiger partial charge in [-0.3, -0.25) is 9.36 Å². The molecule has 174 valence electrons. The van der Waals surface area contributed by atoms with Gasteiger partial charge in [-0.15, -0.1) is 10.2 Å². The van der Waals surface area contributed by atoms with E-state index in [1.807, 2.05) is 28.8 Å². The van der Waals surface area contributed by atoms with E-state index in [4.69, 9.17) is 20.8 Å². The number of benzene rings is 1. The van der Waals surface area contributed by atoms with Gasteiger partial charge in [-0.1, -0.05) is 23.4 Å². The number of carbonyl (C=O) groups is 2. The average Bonchev–Trinajstić information content (AvgIpc) is 3.49. The monoisotopic (exact) mass is 489 g/mol. The smallest absolute Gasteiger partial charge is 0.409 e. The van der Waals surface area contributed by atoms with Gasteiger partial charge in [-0.25, -0.2) is 4.79 Å². The van der Waals surface area contributed by atoms with Gasteiger partial charge in [0, 0.05) is 36.8 Å². The van der Waals surface area contributed by atoms with Crippen molar-refractivity contribution in [3.8, 4) is 11.4 Å². The number of aromatic nitrogens is 3. The molecule has 9 nitrogen and oxygen atoms in total. The predicted molar refractivity (Wildman–Crippen MR) is 124 cm³/mol. The third-order valence-corrected chi connectivity index (χ3v) is 6.40. The molecule has 1 aliphatic rings. The standard InChI is InChI=1S/C22H24ClN5O4S/c1-2-31-22(30)27-11-9-26(10-12-27)19(29)15-33-21-25-24-20(16-5-7-17(23)8-6-16)28(21)14-18-4-3-13-32-18/h3-8,13H,2,9-12,14-15H2,1H3. The summed E-state index contributed by atoms with van der Waals surface area (Å²) in [4.78, 5) is 28.0. The Hall–Kier alpha value is -2.98. The van der Waals surface area contributed by atoms with Crippen LogP contribution in [0, 0.1) is 0 Å². The summed E-state index contributed by atoms with van der Waals surface area (Å²) in [7, 11) is 0. The van der Waals surface area contributed by atoms with Gasteiger partial charge in [0.15, 0.2) is 11.0 Å². The van der Waals surface area contributed by atoms with E-state index in [-0.39, 0.29) is 17.8 Å². The molecule has 3 aromatic rings. The molecule has 0 unspecified atom stereocenters. The zero-order chi connectivity index (χ0) is 23.2. The molecule has 0 saturated carbocycles. The lowest BCUT2D eigenvalue weighted by molar-refractivity contribution is -0.129. The van der Waals surface area contributed by atoms with Gasteiger partial charge in [0.05, 0.1) is 25.2 Å². The number of halogens is 1. The summed E-state index contributed by atoms with van der Waals surface area (Å²) in [5, 5.41) is 9.95. The Morgan fingerprint density at radius 3 is 2.48 bits per heavy atom. The Morgan fingerprint density at radius 1 is 1.09 bits per heavy atom. The number of hydrogen-bond donors (Lipinski definition) is 0. The van der Waals surface area contributed by atoms with Crippen LogP contribution in [0.3, 0.4) is 0 Å². The van der Waals surface area contributed by atoms with Gasteiger partial charge in [0.25, 0.3) is 0 Å². The van der Waals surface area contributed by atoms with Crippen LogP contribution >= 0.6 is 23.4 Å². The lowest BCUT2D eigenvalue weighted by Gasteiger charge is -2.34. The van der Waals surface area contributed by atoms with Crippen molar-refractivity contribution in [3.63, 3.8) is 0 Å². The van der Waals surface area contributed by atoms with Gasteiger partial charge in [0.2, 0.25) is 5.91 Å². The fourth-order valence-electron chi connectivity index (χ4n) is 3.48. The van der Waals surface area contributed by atoms with E-state index in [1.54, 1.807) is 35.1 Å². The number of ether oxygens (including phenoxy) is 1. The number of hydrogen-bond acceptors (Lipinski definition) is 7. The van der Waals surface area contributed by atoms with Gasteiger partial charge in [0.1, 0.15) is 5.76 Å². The summed E-state index contributed by atoms with van der Waals surface area (Å²) in [6.07, 6.45) is 1.29. The van der Waals surface area contributed by atoms with E-state index in [9.17, 15) is 9.59 Å². The van der Waals surface area contributed by atoms with Crippen LogP contribution in [0.1, 0.15) is 12.7 Å². The number of nitrogens with zero attached hydrogens (tertiary/aromatic N) is 5. The molecule has 4 rings (SSSR count). The third kappa shape index (κ3) is 5.69. The first-order chi connectivity index (χ1) is 16.0. The maximum atomic E-state index is 12.8. The molecule has 0 atom stereocenters. The molecule has 1 saturated heterocycles. The van der Waals surface area contributed by atoms with Crippen molar-refractivity contribution in [2.75, 3.05) is 38.5 Å². The number of carbonyl (C=O) groups excluding carboxylic acids is 2. The molecule has 33 heavy (non-hydrogen) atoms. The second-order valence-corrected chi connectivity index (χ2v) is 8.71. The summed E-state index contributed by atoms with van der Waals surface area (Å²) < 4.78 is 12.5. The molecule has 1 aromatic carbocycles. The Balaban J connectivity index is 1.43. The van der Waals surface area contributed by atoms with Crippen LogP contribution in [0.25, 0.3) is 11.4 Å². The van der Waals surface area contributed by atoms with Crippen LogP contribution in [0.5, 0.6) is 0 Å². The first kappa shape index (κ1) is 23.2. The Bertz CT molecular complexity index is 1080. The van der Waals surface area contributed by atoms with Crippen LogP contribution in [0.15, 0.2) is 52.2 Å². The maximum Gasteiger partial charge on any atom is 0.409 e. The summed E-state index contributed by atoms with van der Waals surface area (Å²) in [6, 6.07) is 11.1. The minimum atomic E-state index is -0.334. The highest BCUT2D eigenvalue weighted by Crippen LogP contribution is 2.26. The van der Waals surface area contributed by atoms with Crippen LogP contribution in [-0.2, 0) is 16.1 Å². The molecule has 2 amide bonds. The minimum Gasteiger partial charge on any atom is -0.467 e. The highest BCUT2D eigenvalue weighted by atomic mass is 35.5. The number of rotatable bonds is 7. The molecule has 1 fully saturated rings. The fourth-order valence-corrected chi connectivity index (χ4v) is 4.45. The number of piperazine rings is 1. The molecule has 2 aromatic heterocycles. The quantitative estimate of drug-likeness (QED) is 0.468. The van der Waals surface area contributed by atoms with Crippen molar-refractivity contribution in [3.05, 3.63) is 53.4 Å². The third-order valence-electron chi connectivity index (χ3n) is 5.20. The fraction of sp³-hybridized carbons (Fsp3) is 0.364. The van der Waals surface area contributed by atoms with Gasteiger partial charge < -0.3 is 19.0 Å². The summed E-state index contributed by atoms with van der Waals surface area (Å²) >= 11 is 7.36. The molecule has 0 aliphatic carbocycles. The minimum absolute atomic E-state index is 0.0101. The zero-order valence-corrected chi connectivity index (χ0v) is 19.7. The Morgan fingerprint density at radius 2 is 1.82 bits per heavy atom. The molecular formula is C22H24ClN5O4S.